The van der Waals surface area contributed by atoms with Crippen LogP contribution >= 0.6 is 7.14 Å². The molecule has 0 aliphatic carbocycles. The lowest BCUT2D eigenvalue weighted by Crippen LogP contribution is -2.27. The Balaban J connectivity index is 1.00. The molecule has 15 aromatic carbocycles. The zero-order valence-electron chi connectivity index (χ0n) is 43.0. The van der Waals surface area contributed by atoms with Crippen molar-refractivity contribution >= 4 is 131 Å². The van der Waals surface area contributed by atoms with Crippen LogP contribution in [0.5, 0.6) is 0 Å². The molecule has 2 aromatic heterocycles. The molecule has 0 amide bonds. The van der Waals surface area contributed by atoms with Crippen LogP contribution in [0.15, 0.2) is 261 Å². The van der Waals surface area contributed by atoms with Crippen molar-refractivity contribution in [1.29, 1.82) is 0 Å². The Labute approximate surface area is 459 Å². The van der Waals surface area contributed by atoms with Crippen molar-refractivity contribution in [2.75, 3.05) is 0 Å². The molecule has 0 saturated carbocycles. The molecule has 6 heteroatoms. The van der Waals surface area contributed by atoms with Gasteiger partial charge in [-0.25, -0.2) is 19.9 Å². The van der Waals surface area contributed by atoms with Crippen molar-refractivity contribution in [2.45, 2.75) is 0 Å². The number of fused-ring (bicyclic) bond motifs is 4. The van der Waals surface area contributed by atoms with Crippen LogP contribution in [-0.2, 0) is 4.57 Å². The Morgan fingerprint density at radius 3 is 1.07 bits per heavy atom. The van der Waals surface area contributed by atoms with Crippen molar-refractivity contribution in [3.05, 3.63) is 261 Å². The highest BCUT2D eigenvalue weighted by atomic mass is 31.2. The fraction of sp³-hybridized carbons (Fsp3) is 0. The summed E-state index contributed by atoms with van der Waals surface area (Å²) in [6.45, 7) is 0. The van der Waals surface area contributed by atoms with Gasteiger partial charge in [0.2, 0.25) is 0 Å². The van der Waals surface area contributed by atoms with Gasteiger partial charge in [0.1, 0.15) is 0 Å². The third-order valence-electron chi connectivity index (χ3n) is 16.8. The van der Waals surface area contributed by atoms with E-state index in [-0.39, 0.29) is 0 Å². The van der Waals surface area contributed by atoms with Crippen LogP contribution in [-0.4, -0.2) is 19.9 Å². The van der Waals surface area contributed by atoms with Crippen LogP contribution < -0.4 is 15.9 Å². The van der Waals surface area contributed by atoms with E-state index >= 15 is 4.57 Å². The fourth-order valence-corrected chi connectivity index (χ4v) is 16.2. The van der Waals surface area contributed by atoms with Crippen LogP contribution in [0, 0.1) is 0 Å². The molecule has 80 heavy (non-hydrogen) atoms. The normalized spacial score (nSPS) is 12.3. The highest BCUT2D eigenvalue weighted by Crippen LogP contribution is 2.53. The van der Waals surface area contributed by atoms with E-state index in [1.165, 1.54) is 10.8 Å². The molecule has 370 valence electrons. The summed E-state index contributed by atoms with van der Waals surface area (Å²) in [5.41, 5.74) is 9.33. The van der Waals surface area contributed by atoms with Crippen LogP contribution in [0.4, 0.5) is 0 Å². The molecule has 2 heterocycles. The van der Waals surface area contributed by atoms with E-state index in [9.17, 15) is 0 Å². The highest BCUT2D eigenvalue weighted by molar-refractivity contribution is 7.86. The van der Waals surface area contributed by atoms with Crippen LogP contribution in [0.3, 0.4) is 0 Å². The Kier molecular flexibility index (Phi) is 9.63. The summed E-state index contributed by atoms with van der Waals surface area (Å²) in [4.78, 5) is 21.5. The van der Waals surface area contributed by atoms with Gasteiger partial charge in [0, 0.05) is 48.6 Å². The molecule has 5 nitrogen and oxygen atoms in total. The Hall–Kier alpha value is -10.2. The lowest BCUT2D eigenvalue weighted by Gasteiger charge is -2.27. The molecule has 0 N–H and O–H groups in total. The summed E-state index contributed by atoms with van der Waals surface area (Å²) < 4.78 is 18.4. The van der Waals surface area contributed by atoms with Gasteiger partial charge >= 0.3 is 0 Å². The molecule has 0 aliphatic rings. The highest BCUT2D eigenvalue weighted by Gasteiger charge is 2.37. The van der Waals surface area contributed by atoms with Crippen molar-refractivity contribution < 1.29 is 4.57 Å². The van der Waals surface area contributed by atoms with Gasteiger partial charge in [-0.3, -0.25) is 0 Å². The second kappa shape index (κ2) is 17.2. The first-order valence-corrected chi connectivity index (χ1v) is 28.8. The molecule has 0 saturated heterocycles. The Bertz CT molecular complexity index is 5120. The van der Waals surface area contributed by atoms with Crippen molar-refractivity contribution in [3.63, 3.8) is 0 Å². The van der Waals surface area contributed by atoms with Gasteiger partial charge < -0.3 is 4.57 Å². The minimum absolute atomic E-state index is 0.661. The predicted molar refractivity (Wildman–Crippen MR) is 336 cm³/mol. The average Bonchev–Trinajstić information content (AvgIpc) is 3.34. The van der Waals surface area contributed by atoms with E-state index in [4.69, 9.17) is 19.9 Å². The number of benzene rings is 15. The molecule has 17 aromatic rings. The molecule has 17 rings (SSSR count). The number of hydrogen-bond acceptors (Lipinski definition) is 5. The fourth-order valence-electron chi connectivity index (χ4n) is 13.1. The number of rotatable bonds is 7. The lowest BCUT2D eigenvalue weighted by atomic mass is 9.90. The first-order chi connectivity index (χ1) is 39.5. The van der Waals surface area contributed by atoms with Gasteiger partial charge in [-0.1, -0.05) is 212 Å². The Morgan fingerprint density at radius 1 is 0.250 bits per heavy atom. The standard InChI is InChI=1S/C74H43N4OP/c79-80(52-22-2-1-3-23-52,67-42-61(55-26-12-20-46-16-8-10-24-53(46)55)57-32-36-63-71-65(38-34-59(67)69(57)71)77-73(75-63)50-30-28-44-14-4-6-18-48(44)40-50)68-43-62(56-27-13-21-47-17-9-11-25-54(47)56)58-33-37-64-72-66(39-35-60(68)70(58)72)78-74(76-64)51-31-29-45-15-5-7-19-49(45)41-51/h1-43H. The maximum atomic E-state index is 18.4. The van der Waals surface area contributed by atoms with Crippen molar-refractivity contribution in [1.82, 2.24) is 19.9 Å². The largest absolute Gasteiger partial charge is 0.309 e. The maximum absolute atomic E-state index is 18.4. The molecule has 0 unspecified atom stereocenters. The van der Waals surface area contributed by atoms with E-state index in [1.807, 2.05) is 18.2 Å². The van der Waals surface area contributed by atoms with E-state index in [2.05, 4.69) is 243 Å². The van der Waals surface area contributed by atoms with E-state index in [1.54, 1.807) is 0 Å². The molecule has 0 aliphatic heterocycles. The minimum atomic E-state index is -3.95. The zero-order chi connectivity index (χ0) is 52.6. The number of nitrogens with zero attached hydrogens (tertiary/aromatic N) is 4. The van der Waals surface area contributed by atoms with Crippen molar-refractivity contribution in [2.24, 2.45) is 0 Å². The number of hydrogen-bond donors (Lipinski definition) is 0. The summed E-state index contributed by atoms with van der Waals surface area (Å²) in [5, 5.41) is 19.1. The predicted octanol–water partition coefficient (Wildman–Crippen LogP) is 18.0. The van der Waals surface area contributed by atoms with Crippen molar-refractivity contribution in [3.8, 4) is 45.0 Å². The summed E-state index contributed by atoms with van der Waals surface area (Å²) in [6, 6.07) is 91.8. The van der Waals surface area contributed by atoms with E-state index in [0.717, 1.165) is 147 Å². The topological polar surface area (TPSA) is 68.6 Å². The molecular weight excluding hydrogens is 992 g/mol. The molecule has 0 fully saturated rings. The number of aromatic nitrogens is 4. The first-order valence-electron chi connectivity index (χ1n) is 27.1. The second-order valence-electron chi connectivity index (χ2n) is 21.1. The lowest BCUT2D eigenvalue weighted by molar-refractivity contribution is 0.593. The van der Waals surface area contributed by atoms with Gasteiger partial charge in [-0.2, -0.15) is 0 Å². The summed E-state index contributed by atoms with van der Waals surface area (Å²) in [6.07, 6.45) is 0. The quantitative estimate of drug-likeness (QED) is 0.118. The molecule has 0 radical (unpaired) electrons. The second-order valence-corrected chi connectivity index (χ2v) is 23.8. The summed E-state index contributed by atoms with van der Waals surface area (Å²) >= 11 is 0. The first kappa shape index (κ1) is 44.9. The van der Waals surface area contributed by atoms with Crippen LogP contribution in [0.25, 0.3) is 153 Å². The summed E-state index contributed by atoms with van der Waals surface area (Å²) in [5.74, 6) is 1.32. The smallest absolute Gasteiger partial charge is 0.172 e. The van der Waals surface area contributed by atoms with E-state index in [0.29, 0.717) is 11.6 Å². The van der Waals surface area contributed by atoms with E-state index < -0.39 is 7.14 Å². The molecule has 0 spiro atoms. The van der Waals surface area contributed by atoms with Gasteiger partial charge in [-0.15, -0.1) is 0 Å². The SMILES string of the molecule is O=P(c1ccccc1)(c1cc(-c2cccc3ccccc23)c2ccc3nc(-c4ccc5ccccc5c4)nc4ccc1c2c34)c1cc(-c2cccc3ccccc23)c2ccc3nc(-c4ccc5ccccc5c4)nc4ccc1c2c34. The molecule has 0 atom stereocenters. The Morgan fingerprint density at radius 2 is 0.625 bits per heavy atom. The van der Waals surface area contributed by atoms with Crippen LogP contribution in [0.2, 0.25) is 0 Å². The van der Waals surface area contributed by atoms with Gasteiger partial charge in [0.15, 0.2) is 18.8 Å². The van der Waals surface area contributed by atoms with Gasteiger partial charge in [-0.05, 0) is 135 Å². The molecule has 0 bridgehead atoms. The van der Waals surface area contributed by atoms with Gasteiger partial charge in [0.25, 0.3) is 0 Å². The maximum Gasteiger partial charge on any atom is 0.172 e. The monoisotopic (exact) mass is 1030 g/mol. The molecular formula is C74H43N4OP. The summed E-state index contributed by atoms with van der Waals surface area (Å²) in [7, 11) is -3.95. The third-order valence-corrected chi connectivity index (χ3v) is 19.9. The minimum Gasteiger partial charge on any atom is -0.309 e. The van der Waals surface area contributed by atoms with Crippen LogP contribution in [0.1, 0.15) is 0 Å². The third kappa shape index (κ3) is 6.62. The van der Waals surface area contributed by atoms with Gasteiger partial charge in [0.05, 0.1) is 22.1 Å². The zero-order valence-corrected chi connectivity index (χ0v) is 43.9. The average molecular weight is 1040 g/mol.